The molecule has 1 heterocycles. The molecule has 1 rings (SSSR count). The predicted molar refractivity (Wildman–Crippen MR) is 80.0 cm³/mol. The zero-order valence-corrected chi connectivity index (χ0v) is 12.7. The Morgan fingerprint density at radius 1 is 1.48 bits per heavy atom. The van der Waals surface area contributed by atoms with Crippen molar-refractivity contribution in [2.45, 2.75) is 0 Å². The molecule has 1 aromatic heterocycles. The molecule has 0 aliphatic carbocycles. The number of aliphatic hydroxyl groups is 2. The van der Waals surface area contributed by atoms with Gasteiger partial charge in [-0.05, 0) is 12.1 Å². The third kappa shape index (κ3) is 5.51. The number of nitrogens with zero attached hydrogens (tertiary/aromatic N) is 3. The first kappa shape index (κ1) is 17.1. The van der Waals surface area contributed by atoms with Crippen LogP contribution in [0.15, 0.2) is 34.6 Å². The molecular formula is C13H15BrN4O3. The Morgan fingerprint density at radius 2 is 2.14 bits per heavy atom. The summed E-state index contributed by atoms with van der Waals surface area (Å²) in [6, 6.07) is 5.22. The van der Waals surface area contributed by atoms with Crippen LogP contribution >= 0.6 is 15.9 Å². The van der Waals surface area contributed by atoms with Crippen LogP contribution in [-0.2, 0) is 4.79 Å². The highest BCUT2D eigenvalue weighted by Crippen LogP contribution is 2.13. The van der Waals surface area contributed by atoms with E-state index in [1.54, 1.807) is 24.4 Å². The van der Waals surface area contributed by atoms with E-state index in [-0.39, 0.29) is 31.9 Å². The van der Waals surface area contributed by atoms with E-state index >= 15 is 0 Å². The van der Waals surface area contributed by atoms with Crippen LogP contribution in [0.3, 0.4) is 0 Å². The number of pyridine rings is 1. The minimum atomic E-state index is -0.567. The number of anilines is 1. The van der Waals surface area contributed by atoms with Crippen molar-refractivity contribution >= 4 is 27.7 Å². The number of nitrogens with one attached hydrogen (secondary N) is 1. The standard InChI is InChI=1S/C13H15BrN4O3/c14-11-1-2-16-12(7-11)17-9-10(8-15)13(21)18(3-5-19)4-6-20/h1-2,7,9,19-20H,3-6H2,(H,16,17)/b10-9-. The second kappa shape index (κ2) is 9.07. The average Bonchev–Trinajstić information content (AvgIpc) is 2.47. The Labute approximate surface area is 130 Å². The average molecular weight is 355 g/mol. The van der Waals surface area contributed by atoms with Gasteiger partial charge in [0.15, 0.2) is 0 Å². The van der Waals surface area contributed by atoms with E-state index in [9.17, 15) is 4.79 Å². The van der Waals surface area contributed by atoms with Gasteiger partial charge in [-0.1, -0.05) is 15.9 Å². The molecule has 0 radical (unpaired) electrons. The molecule has 0 aliphatic heterocycles. The van der Waals surface area contributed by atoms with Gasteiger partial charge in [0.1, 0.15) is 17.5 Å². The third-order valence-corrected chi connectivity index (χ3v) is 2.96. The van der Waals surface area contributed by atoms with Gasteiger partial charge < -0.3 is 20.4 Å². The number of nitriles is 1. The monoisotopic (exact) mass is 354 g/mol. The van der Waals surface area contributed by atoms with Gasteiger partial charge in [-0.25, -0.2) is 4.98 Å². The Balaban J connectivity index is 2.83. The first-order chi connectivity index (χ1) is 10.1. The number of rotatable bonds is 7. The molecule has 1 aromatic rings. The normalized spacial score (nSPS) is 10.9. The van der Waals surface area contributed by atoms with Gasteiger partial charge in [0.05, 0.1) is 13.2 Å². The molecule has 112 valence electrons. The minimum absolute atomic E-state index is 0.0492. The van der Waals surface area contributed by atoms with Crippen LogP contribution in [0.1, 0.15) is 0 Å². The molecule has 0 fully saturated rings. The molecule has 7 nitrogen and oxygen atoms in total. The minimum Gasteiger partial charge on any atom is -0.395 e. The maximum absolute atomic E-state index is 12.1. The number of hydrogen-bond donors (Lipinski definition) is 3. The van der Waals surface area contributed by atoms with Crippen molar-refractivity contribution < 1.29 is 15.0 Å². The highest BCUT2D eigenvalue weighted by Gasteiger charge is 2.17. The summed E-state index contributed by atoms with van der Waals surface area (Å²) in [5.41, 5.74) is -0.140. The zero-order valence-electron chi connectivity index (χ0n) is 11.2. The van der Waals surface area contributed by atoms with Crippen LogP contribution < -0.4 is 5.32 Å². The van der Waals surface area contributed by atoms with Crippen molar-refractivity contribution in [2.24, 2.45) is 0 Å². The summed E-state index contributed by atoms with van der Waals surface area (Å²) < 4.78 is 0.806. The summed E-state index contributed by atoms with van der Waals surface area (Å²) in [6.07, 6.45) is 2.82. The molecule has 1 amide bonds. The van der Waals surface area contributed by atoms with Crippen LogP contribution in [-0.4, -0.2) is 52.3 Å². The Morgan fingerprint density at radius 3 is 2.67 bits per heavy atom. The predicted octanol–water partition coefficient (Wildman–Crippen LogP) is 0.477. The maximum Gasteiger partial charge on any atom is 0.266 e. The maximum atomic E-state index is 12.1. The summed E-state index contributed by atoms with van der Waals surface area (Å²) in [6.45, 7) is -0.392. The molecular weight excluding hydrogens is 340 g/mol. The van der Waals surface area contributed by atoms with Gasteiger partial charge >= 0.3 is 0 Å². The number of aliphatic hydroxyl groups excluding tert-OH is 2. The quantitative estimate of drug-likeness (QED) is 0.485. The van der Waals surface area contributed by atoms with Crippen molar-refractivity contribution in [3.8, 4) is 6.07 Å². The molecule has 0 saturated heterocycles. The number of carbonyl (C=O) groups is 1. The van der Waals surface area contributed by atoms with Crippen LogP contribution in [0.2, 0.25) is 0 Å². The van der Waals surface area contributed by atoms with E-state index < -0.39 is 5.91 Å². The Hall–Kier alpha value is -1.95. The summed E-state index contributed by atoms with van der Waals surface area (Å²) in [5, 5.41) is 29.6. The molecule has 0 aliphatic rings. The Bertz CT molecular complexity index is 551. The van der Waals surface area contributed by atoms with Crippen molar-refractivity contribution in [3.05, 3.63) is 34.6 Å². The topological polar surface area (TPSA) is 109 Å². The van der Waals surface area contributed by atoms with E-state index in [0.29, 0.717) is 5.82 Å². The molecule has 0 unspecified atom stereocenters. The van der Waals surface area contributed by atoms with Crippen LogP contribution in [0.4, 0.5) is 5.82 Å². The summed E-state index contributed by atoms with van der Waals surface area (Å²) in [4.78, 5) is 17.3. The fourth-order valence-corrected chi connectivity index (χ4v) is 1.83. The van der Waals surface area contributed by atoms with Crippen LogP contribution in [0.5, 0.6) is 0 Å². The second-order valence-electron chi connectivity index (χ2n) is 3.91. The van der Waals surface area contributed by atoms with Gasteiger partial charge in [-0.2, -0.15) is 5.26 Å². The lowest BCUT2D eigenvalue weighted by Crippen LogP contribution is -2.36. The summed E-state index contributed by atoms with van der Waals surface area (Å²) >= 11 is 3.28. The number of amides is 1. The fourth-order valence-electron chi connectivity index (χ4n) is 1.50. The molecule has 0 aromatic carbocycles. The highest BCUT2D eigenvalue weighted by atomic mass is 79.9. The van der Waals surface area contributed by atoms with E-state index in [1.807, 2.05) is 0 Å². The van der Waals surface area contributed by atoms with Gasteiger partial charge in [0.25, 0.3) is 5.91 Å². The van der Waals surface area contributed by atoms with Crippen LogP contribution in [0.25, 0.3) is 0 Å². The number of hydrogen-bond acceptors (Lipinski definition) is 6. The van der Waals surface area contributed by atoms with Crippen molar-refractivity contribution in [3.63, 3.8) is 0 Å². The van der Waals surface area contributed by atoms with E-state index in [2.05, 4.69) is 26.2 Å². The lowest BCUT2D eigenvalue weighted by Gasteiger charge is -2.19. The first-order valence-corrected chi connectivity index (χ1v) is 6.91. The molecule has 8 heteroatoms. The number of carbonyl (C=O) groups excluding carboxylic acids is 1. The van der Waals surface area contributed by atoms with E-state index in [0.717, 1.165) is 4.47 Å². The summed E-state index contributed by atoms with van der Waals surface area (Å²) in [5.74, 6) is -0.0936. The highest BCUT2D eigenvalue weighted by molar-refractivity contribution is 9.10. The number of aromatic nitrogens is 1. The second-order valence-corrected chi connectivity index (χ2v) is 4.83. The molecule has 0 saturated carbocycles. The molecule has 3 N–H and O–H groups in total. The SMILES string of the molecule is N#C/C(=C/Nc1cc(Br)ccn1)C(=O)N(CCO)CCO. The largest absolute Gasteiger partial charge is 0.395 e. The molecule has 0 spiro atoms. The number of halogens is 1. The third-order valence-electron chi connectivity index (χ3n) is 2.46. The van der Waals surface area contributed by atoms with E-state index in [1.165, 1.54) is 11.1 Å². The lowest BCUT2D eigenvalue weighted by molar-refractivity contribution is -0.127. The van der Waals surface area contributed by atoms with Crippen molar-refractivity contribution in [1.82, 2.24) is 9.88 Å². The fraction of sp³-hybridized carbons (Fsp3) is 0.308. The smallest absolute Gasteiger partial charge is 0.266 e. The van der Waals surface area contributed by atoms with Gasteiger partial charge in [0, 0.05) is 30.0 Å². The molecule has 0 bridgehead atoms. The molecule has 0 atom stereocenters. The Kier molecular flexibility index (Phi) is 7.39. The van der Waals surface area contributed by atoms with Crippen LogP contribution in [0, 0.1) is 11.3 Å². The van der Waals surface area contributed by atoms with Crippen molar-refractivity contribution in [2.75, 3.05) is 31.6 Å². The summed E-state index contributed by atoms with van der Waals surface area (Å²) in [7, 11) is 0. The van der Waals surface area contributed by atoms with Crippen molar-refractivity contribution in [1.29, 1.82) is 5.26 Å². The van der Waals surface area contributed by atoms with Gasteiger partial charge in [0.2, 0.25) is 0 Å². The van der Waals surface area contributed by atoms with Gasteiger partial charge in [-0.3, -0.25) is 4.79 Å². The molecule has 21 heavy (non-hydrogen) atoms. The lowest BCUT2D eigenvalue weighted by atomic mass is 10.2. The zero-order chi connectivity index (χ0) is 15.7. The van der Waals surface area contributed by atoms with E-state index in [4.69, 9.17) is 15.5 Å². The first-order valence-electron chi connectivity index (χ1n) is 6.11. The van der Waals surface area contributed by atoms with Gasteiger partial charge in [-0.15, -0.1) is 0 Å².